The monoisotopic (exact) mass is 261 g/mol. The number of nitrogens with one attached hydrogen (secondary N) is 2. The maximum atomic E-state index is 12.1. The highest BCUT2D eigenvalue weighted by Gasteiger charge is 2.10. The van der Waals surface area contributed by atoms with Gasteiger partial charge in [0.05, 0.1) is 17.6 Å². The van der Waals surface area contributed by atoms with Gasteiger partial charge in [0, 0.05) is 23.8 Å². The number of hydrogen-bond donors (Lipinski definition) is 2. The Bertz CT molecular complexity index is 537. The second-order valence-corrected chi connectivity index (χ2v) is 4.92. The standard InChI is InChI=1S/C13H15N3OS/c1-9-3-4-11(12(5-9)14-2)13(17)16-7-10-6-15-8-18-10/h3-6,8,14H,7H2,1-2H3,(H,16,17). The number of nitrogens with zero attached hydrogens (tertiary/aromatic N) is 1. The van der Waals surface area contributed by atoms with E-state index in [4.69, 9.17) is 0 Å². The van der Waals surface area contributed by atoms with Crippen LogP contribution in [0.2, 0.25) is 0 Å². The van der Waals surface area contributed by atoms with Crippen molar-refractivity contribution in [1.29, 1.82) is 0 Å². The molecular weight excluding hydrogens is 246 g/mol. The van der Waals surface area contributed by atoms with Gasteiger partial charge >= 0.3 is 0 Å². The highest BCUT2D eigenvalue weighted by molar-refractivity contribution is 7.09. The minimum atomic E-state index is -0.0762. The summed E-state index contributed by atoms with van der Waals surface area (Å²) in [5.41, 5.74) is 4.38. The Morgan fingerprint density at radius 3 is 2.94 bits per heavy atom. The predicted molar refractivity (Wildman–Crippen MR) is 74.0 cm³/mol. The molecule has 18 heavy (non-hydrogen) atoms. The van der Waals surface area contributed by atoms with E-state index >= 15 is 0 Å². The number of carbonyl (C=O) groups is 1. The number of thiazole rings is 1. The zero-order valence-electron chi connectivity index (χ0n) is 10.4. The third-order valence-corrected chi connectivity index (χ3v) is 3.38. The summed E-state index contributed by atoms with van der Waals surface area (Å²) < 4.78 is 0. The Hall–Kier alpha value is -1.88. The fourth-order valence-corrected chi connectivity index (χ4v) is 2.19. The Balaban J connectivity index is 2.09. The summed E-state index contributed by atoms with van der Waals surface area (Å²) in [6.07, 6.45) is 1.76. The van der Waals surface area contributed by atoms with Gasteiger partial charge in [0.2, 0.25) is 0 Å². The fraction of sp³-hybridized carbons (Fsp3) is 0.231. The van der Waals surface area contributed by atoms with Gasteiger partial charge in [0.1, 0.15) is 0 Å². The molecule has 0 atom stereocenters. The van der Waals surface area contributed by atoms with Crippen LogP contribution in [0.25, 0.3) is 0 Å². The first kappa shape index (κ1) is 12.6. The maximum absolute atomic E-state index is 12.1. The molecule has 2 rings (SSSR count). The van der Waals surface area contributed by atoms with E-state index in [0.717, 1.165) is 16.1 Å². The summed E-state index contributed by atoms with van der Waals surface area (Å²) in [7, 11) is 1.81. The van der Waals surface area contributed by atoms with Crippen LogP contribution in [0.1, 0.15) is 20.8 Å². The minimum absolute atomic E-state index is 0.0762. The SMILES string of the molecule is CNc1cc(C)ccc1C(=O)NCc1cncs1. The number of anilines is 1. The number of carbonyl (C=O) groups excluding carboxylic acids is 1. The lowest BCUT2D eigenvalue weighted by Gasteiger charge is -2.10. The van der Waals surface area contributed by atoms with E-state index in [1.54, 1.807) is 11.7 Å². The van der Waals surface area contributed by atoms with E-state index in [-0.39, 0.29) is 5.91 Å². The van der Waals surface area contributed by atoms with Crippen LogP contribution >= 0.6 is 11.3 Å². The predicted octanol–water partition coefficient (Wildman–Crippen LogP) is 2.42. The van der Waals surface area contributed by atoms with Crippen molar-refractivity contribution in [3.63, 3.8) is 0 Å². The fourth-order valence-electron chi connectivity index (χ4n) is 1.65. The molecule has 94 valence electrons. The molecule has 0 aliphatic rings. The highest BCUT2D eigenvalue weighted by atomic mass is 32.1. The average Bonchev–Trinajstić information content (AvgIpc) is 2.88. The lowest BCUT2D eigenvalue weighted by atomic mass is 10.1. The third-order valence-electron chi connectivity index (χ3n) is 2.60. The number of rotatable bonds is 4. The largest absolute Gasteiger partial charge is 0.387 e. The summed E-state index contributed by atoms with van der Waals surface area (Å²) >= 11 is 1.53. The van der Waals surface area contributed by atoms with Crippen LogP contribution in [0.4, 0.5) is 5.69 Å². The molecule has 5 heteroatoms. The molecule has 0 bridgehead atoms. The highest BCUT2D eigenvalue weighted by Crippen LogP contribution is 2.17. The molecular formula is C13H15N3OS. The number of aryl methyl sites for hydroxylation is 1. The molecule has 0 radical (unpaired) electrons. The van der Waals surface area contributed by atoms with E-state index < -0.39 is 0 Å². The van der Waals surface area contributed by atoms with E-state index in [0.29, 0.717) is 12.1 Å². The number of benzene rings is 1. The van der Waals surface area contributed by atoms with Crippen molar-refractivity contribution in [3.05, 3.63) is 45.9 Å². The van der Waals surface area contributed by atoms with Crippen LogP contribution < -0.4 is 10.6 Å². The molecule has 1 amide bonds. The summed E-state index contributed by atoms with van der Waals surface area (Å²) in [6.45, 7) is 2.51. The lowest BCUT2D eigenvalue weighted by Crippen LogP contribution is -2.23. The zero-order valence-corrected chi connectivity index (χ0v) is 11.2. The van der Waals surface area contributed by atoms with Crippen molar-refractivity contribution in [2.45, 2.75) is 13.5 Å². The molecule has 0 fully saturated rings. The normalized spacial score (nSPS) is 10.1. The quantitative estimate of drug-likeness (QED) is 0.888. The molecule has 4 nitrogen and oxygen atoms in total. The molecule has 0 saturated carbocycles. The van der Waals surface area contributed by atoms with Gasteiger partial charge < -0.3 is 10.6 Å². The van der Waals surface area contributed by atoms with Gasteiger partial charge in [-0.3, -0.25) is 9.78 Å². The first-order valence-electron chi connectivity index (χ1n) is 5.64. The Morgan fingerprint density at radius 2 is 2.28 bits per heavy atom. The van der Waals surface area contributed by atoms with E-state index in [2.05, 4.69) is 15.6 Å². The number of amides is 1. The topological polar surface area (TPSA) is 54.0 Å². The van der Waals surface area contributed by atoms with Gasteiger partial charge in [-0.2, -0.15) is 0 Å². The van der Waals surface area contributed by atoms with Crippen molar-refractivity contribution in [1.82, 2.24) is 10.3 Å². The van der Waals surface area contributed by atoms with E-state index in [1.165, 1.54) is 11.3 Å². The summed E-state index contributed by atoms with van der Waals surface area (Å²) in [5.74, 6) is -0.0762. The molecule has 1 aromatic carbocycles. The summed E-state index contributed by atoms with van der Waals surface area (Å²) in [5, 5.41) is 5.93. The van der Waals surface area contributed by atoms with Gasteiger partial charge in [-0.25, -0.2) is 0 Å². The zero-order chi connectivity index (χ0) is 13.0. The molecule has 0 saturated heterocycles. The van der Waals surface area contributed by atoms with Gasteiger partial charge in [0.25, 0.3) is 5.91 Å². The second kappa shape index (κ2) is 5.64. The molecule has 2 N–H and O–H groups in total. The minimum Gasteiger partial charge on any atom is -0.387 e. The Morgan fingerprint density at radius 1 is 1.44 bits per heavy atom. The van der Waals surface area contributed by atoms with Crippen LogP contribution in [0, 0.1) is 6.92 Å². The number of aromatic nitrogens is 1. The molecule has 1 aromatic heterocycles. The van der Waals surface area contributed by atoms with Crippen LogP contribution in [0.5, 0.6) is 0 Å². The molecule has 0 spiro atoms. The molecule has 2 aromatic rings. The molecule has 0 aliphatic heterocycles. The van der Waals surface area contributed by atoms with Crippen LogP contribution in [0.15, 0.2) is 29.9 Å². The van der Waals surface area contributed by atoms with Crippen LogP contribution in [-0.4, -0.2) is 17.9 Å². The van der Waals surface area contributed by atoms with Gasteiger partial charge in [-0.1, -0.05) is 6.07 Å². The third kappa shape index (κ3) is 2.87. The molecule has 1 heterocycles. The van der Waals surface area contributed by atoms with Crippen molar-refractivity contribution < 1.29 is 4.79 Å². The summed E-state index contributed by atoms with van der Waals surface area (Å²) in [4.78, 5) is 17.1. The first-order valence-corrected chi connectivity index (χ1v) is 6.52. The Labute approximate surface area is 110 Å². The van der Waals surface area contributed by atoms with Crippen molar-refractivity contribution >= 4 is 22.9 Å². The molecule has 0 unspecified atom stereocenters. The smallest absolute Gasteiger partial charge is 0.253 e. The van der Waals surface area contributed by atoms with Crippen molar-refractivity contribution in [3.8, 4) is 0 Å². The Kier molecular flexibility index (Phi) is 3.94. The van der Waals surface area contributed by atoms with E-state index in [9.17, 15) is 4.79 Å². The number of hydrogen-bond acceptors (Lipinski definition) is 4. The first-order chi connectivity index (χ1) is 8.70. The van der Waals surface area contributed by atoms with Crippen molar-refractivity contribution in [2.75, 3.05) is 12.4 Å². The molecule has 0 aliphatic carbocycles. The van der Waals surface area contributed by atoms with Crippen LogP contribution in [0.3, 0.4) is 0 Å². The summed E-state index contributed by atoms with van der Waals surface area (Å²) in [6, 6.07) is 5.73. The average molecular weight is 261 g/mol. The van der Waals surface area contributed by atoms with Crippen molar-refractivity contribution in [2.24, 2.45) is 0 Å². The van der Waals surface area contributed by atoms with Gasteiger partial charge in [-0.05, 0) is 24.6 Å². The van der Waals surface area contributed by atoms with E-state index in [1.807, 2.05) is 32.2 Å². The van der Waals surface area contributed by atoms with Gasteiger partial charge in [-0.15, -0.1) is 11.3 Å². The lowest BCUT2D eigenvalue weighted by molar-refractivity contribution is 0.0952. The van der Waals surface area contributed by atoms with Gasteiger partial charge in [0.15, 0.2) is 0 Å². The van der Waals surface area contributed by atoms with Crippen LogP contribution in [-0.2, 0) is 6.54 Å². The second-order valence-electron chi connectivity index (χ2n) is 3.95. The maximum Gasteiger partial charge on any atom is 0.253 e.